The first-order valence-corrected chi connectivity index (χ1v) is 6.80. The standard InChI is InChI=1S/C16H18ClNO2/c1-11-9-14(20-2)7-8-15(11)18-10-16(19)12-3-5-13(17)6-4-12/h3-9,16,18-19H,10H2,1-2H3. The first kappa shape index (κ1) is 14.7. The largest absolute Gasteiger partial charge is 0.497 e. The molecule has 2 rings (SSSR count). The molecule has 3 nitrogen and oxygen atoms in total. The Morgan fingerprint density at radius 3 is 2.50 bits per heavy atom. The predicted molar refractivity (Wildman–Crippen MR) is 82.6 cm³/mol. The van der Waals surface area contributed by atoms with Crippen LogP contribution in [0, 0.1) is 6.92 Å². The van der Waals surface area contributed by atoms with E-state index in [0.29, 0.717) is 11.6 Å². The Labute approximate surface area is 124 Å². The molecule has 1 unspecified atom stereocenters. The molecule has 0 bridgehead atoms. The summed E-state index contributed by atoms with van der Waals surface area (Å²) in [6.45, 7) is 2.44. The molecule has 0 aliphatic heterocycles. The molecule has 0 heterocycles. The third kappa shape index (κ3) is 3.65. The van der Waals surface area contributed by atoms with Crippen molar-refractivity contribution >= 4 is 17.3 Å². The molecule has 0 aliphatic rings. The normalized spacial score (nSPS) is 12.0. The van der Waals surface area contributed by atoms with Gasteiger partial charge in [0.05, 0.1) is 13.2 Å². The molecule has 2 aromatic rings. The monoisotopic (exact) mass is 291 g/mol. The number of hydrogen-bond donors (Lipinski definition) is 2. The maximum absolute atomic E-state index is 10.1. The lowest BCUT2D eigenvalue weighted by molar-refractivity contribution is 0.191. The van der Waals surface area contributed by atoms with E-state index in [-0.39, 0.29) is 0 Å². The summed E-state index contributed by atoms with van der Waals surface area (Å²) in [5.41, 5.74) is 2.90. The van der Waals surface area contributed by atoms with Crippen molar-refractivity contribution in [3.8, 4) is 5.75 Å². The van der Waals surface area contributed by atoms with Crippen molar-refractivity contribution in [2.75, 3.05) is 19.0 Å². The molecule has 0 saturated carbocycles. The van der Waals surface area contributed by atoms with Crippen LogP contribution in [-0.2, 0) is 0 Å². The van der Waals surface area contributed by atoms with Crippen LogP contribution in [-0.4, -0.2) is 18.8 Å². The second kappa shape index (κ2) is 6.64. The number of rotatable bonds is 5. The molecule has 4 heteroatoms. The van der Waals surface area contributed by atoms with Crippen molar-refractivity contribution in [3.63, 3.8) is 0 Å². The van der Waals surface area contributed by atoms with Crippen LogP contribution in [0.5, 0.6) is 5.75 Å². The highest BCUT2D eigenvalue weighted by atomic mass is 35.5. The number of aliphatic hydroxyl groups excluding tert-OH is 1. The smallest absolute Gasteiger partial charge is 0.119 e. The van der Waals surface area contributed by atoms with E-state index in [1.54, 1.807) is 19.2 Å². The molecule has 0 aromatic heterocycles. The Morgan fingerprint density at radius 1 is 1.20 bits per heavy atom. The van der Waals surface area contributed by atoms with E-state index in [1.807, 2.05) is 37.3 Å². The van der Waals surface area contributed by atoms with Gasteiger partial charge in [-0.1, -0.05) is 23.7 Å². The van der Waals surface area contributed by atoms with Gasteiger partial charge in [0.15, 0.2) is 0 Å². The van der Waals surface area contributed by atoms with Gasteiger partial charge in [-0.2, -0.15) is 0 Å². The number of halogens is 1. The summed E-state index contributed by atoms with van der Waals surface area (Å²) in [4.78, 5) is 0. The summed E-state index contributed by atoms with van der Waals surface area (Å²) < 4.78 is 5.17. The molecular formula is C16H18ClNO2. The average molecular weight is 292 g/mol. The van der Waals surface area contributed by atoms with Crippen LogP contribution in [0.4, 0.5) is 5.69 Å². The second-order valence-corrected chi connectivity index (χ2v) is 5.07. The first-order chi connectivity index (χ1) is 9.60. The van der Waals surface area contributed by atoms with Gasteiger partial charge in [0.1, 0.15) is 5.75 Å². The van der Waals surface area contributed by atoms with Gasteiger partial charge in [-0.05, 0) is 48.4 Å². The van der Waals surface area contributed by atoms with Crippen LogP contribution in [0.15, 0.2) is 42.5 Å². The van der Waals surface area contributed by atoms with Crippen molar-refractivity contribution in [3.05, 3.63) is 58.6 Å². The Bertz CT molecular complexity index is 569. The summed E-state index contributed by atoms with van der Waals surface area (Å²) in [7, 11) is 1.65. The van der Waals surface area contributed by atoms with Gasteiger partial charge in [0.2, 0.25) is 0 Å². The quantitative estimate of drug-likeness (QED) is 0.880. The highest BCUT2D eigenvalue weighted by molar-refractivity contribution is 6.30. The molecule has 0 radical (unpaired) electrons. The number of ether oxygens (including phenoxy) is 1. The van der Waals surface area contributed by atoms with E-state index >= 15 is 0 Å². The Kier molecular flexibility index (Phi) is 4.88. The summed E-state index contributed by atoms with van der Waals surface area (Å²) in [5, 5.41) is 14.0. The molecule has 0 aliphatic carbocycles. The number of nitrogens with one attached hydrogen (secondary N) is 1. The zero-order chi connectivity index (χ0) is 14.5. The van der Waals surface area contributed by atoms with Gasteiger partial charge >= 0.3 is 0 Å². The van der Waals surface area contributed by atoms with Crippen molar-refractivity contribution in [1.82, 2.24) is 0 Å². The molecular weight excluding hydrogens is 274 g/mol. The maximum Gasteiger partial charge on any atom is 0.119 e. The van der Waals surface area contributed by atoms with E-state index in [1.165, 1.54) is 0 Å². The Hall–Kier alpha value is -1.71. The van der Waals surface area contributed by atoms with Crippen LogP contribution in [0.1, 0.15) is 17.2 Å². The van der Waals surface area contributed by atoms with Gasteiger partial charge in [0, 0.05) is 17.3 Å². The minimum atomic E-state index is -0.575. The minimum absolute atomic E-state index is 0.439. The molecule has 0 saturated heterocycles. The van der Waals surface area contributed by atoms with E-state index in [0.717, 1.165) is 22.6 Å². The fraction of sp³-hybridized carbons (Fsp3) is 0.250. The van der Waals surface area contributed by atoms with E-state index in [9.17, 15) is 5.11 Å². The molecule has 106 valence electrons. The topological polar surface area (TPSA) is 41.5 Å². The molecule has 0 amide bonds. The average Bonchev–Trinajstić information content (AvgIpc) is 2.46. The van der Waals surface area contributed by atoms with Gasteiger partial charge in [-0.15, -0.1) is 0 Å². The number of aliphatic hydroxyl groups is 1. The second-order valence-electron chi connectivity index (χ2n) is 4.63. The SMILES string of the molecule is COc1ccc(NCC(O)c2ccc(Cl)cc2)c(C)c1. The summed E-state index contributed by atoms with van der Waals surface area (Å²) >= 11 is 5.83. The molecule has 20 heavy (non-hydrogen) atoms. The number of hydrogen-bond acceptors (Lipinski definition) is 3. The zero-order valence-corrected chi connectivity index (χ0v) is 12.3. The third-order valence-electron chi connectivity index (χ3n) is 3.17. The minimum Gasteiger partial charge on any atom is -0.497 e. The lowest BCUT2D eigenvalue weighted by Gasteiger charge is -2.15. The highest BCUT2D eigenvalue weighted by Crippen LogP contribution is 2.22. The zero-order valence-electron chi connectivity index (χ0n) is 11.6. The number of aryl methyl sites for hydroxylation is 1. The molecule has 0 spiro atoms. The molecule has 2 N–H and O–H groups in total. The van der Waals surface area contributed by atoms with Crippen molar-refractivity contribution < 1.29 is 9.84 Å². The summed E-state index contributed by atoms with van der Waals surface area (Å²) in [6, 6.07) is 13.0. The van der Waals surface area contributed by atoms with Gasteiger partial charge in [-0.3, -0.25) is 0 Å². The van der Waals surface area contributed by atoms with Crippen molar-refractivity contribution in [2.24, 2.45) is 0 Å². The Morgan fingerprint density at radius 2 is 1.90 bits per heavy atom. The highest BCUT2D eigenvalue weighted by Gasteiger charge is 2.08. The number of methoxy groups -OCH3 is 1. The van der Waals surface area contributed by atoms with E-state index in [2.05, 4.69) is 5.32 Å². The molecule has 1 atom stereocenters. The number of anilines is 1. The lowest BCUT2D eigenvalue weighted by Crippen LogP contribution is -2.12. The van der Waals surface area contributed by atoms with Crippen LogP contribution in [0.25, 0.3) is 0 Å². The maximum atomic E-state index is 10.1. The predicted octanol–water partition coefficient (Wildman–Crippen LogP) is 3.80. The van der Waals surface area contributed by atoms with Crippen LogP contribution in [0.2, 0.25) is 5.02 Å². The fourth-order valence-corrected chi connectivity index (χ4v) is 2.10. The third-order valence-corrected chi connectivity index (χ3v) is 3.43. The Balaban J connectivity index is 1.99. The van der Waals surface area contributed by atoms with E-state index in [4.69, 9.17) is 16.3 Å². The van der Waals surface area contributed by atoms with Gasteiger partial charge < -0.3 is 15.2 Å². The van der Waals surface area contributed by atoms with Crippen LogP contribution in [0.3, 0.4) is 0 Å². The summed E-state index contributed by atoms with van der Waals surface area (Å²) in [5.74, 6) is 0.825. The molecule has 2 aromatic carbocycles. The van der Waals surface area contributed by atoms with Crippen molar-refractivity contribution in [1.29, 1.82) is 0 Å². The van der Waals surface area contributed by atoms with E-state index < -0.39 is 6.10 Å². The van der Waals surface area contributed by atoms with Crippen LogP contribution >= 0.6 is 11.6 Å². The number of benzene rings is 2. The van der Waals surface area contributed by atoms with Crippen molar-refractivity contribution in [2.45, 2.75) is 13.0 Å². The fourth-order valence-electron chi connectivity index (χ4n) is 1.97. The van der Waals surface area contributed by atoms with Gasteiger partial charge in [-0.25, -0.2) is 0 Å². The van der Waals surface area contributed by atoms with Gasteiger partial charge in [0.25, 0.3) is 0 Å². The molecule has 0 fully saturated rings. The first-order valence-electron chi connectivity index (χ1n) is 6.42. The van der Waals surface area contributed by atoms with Crippen LogP contribution < -0.4 is 10.1 Å². The lowest BCUT2D eigenvalue weighted by atomic mass is 10.1. The summed E-state index contributed by atoms with van der Waals surface area (Å²) in [6.07, 6.45) is -0.575.